The number of halogens is 1. The second kappa shape index (κ2) is 7.49. The summed E-state index contributed by atoms with van der Waals surface area (Å²) in [5.74, 6) is 0.0919. The van der Waals surface area contributed by atoms with Crippen molar-refractivity contribution in [2.24, 2.45) is 0 Å². The molecule has 2 nitrogen and oxygen atoms in total. The van der Waals surface area contributed by atoms with Crippen molar-refractivity contribution in [1.82, 2.24) is 5.32 Å². The maximum atomic E-state index is 12.2. The summed E-state index contributed by atoms with van der Waals surface area (Å²) in [4.78, 5) is 12.2. The summed E-state index contributed by atoms with van der Waals surface area (Å²) in [7, 11) is 0. The van der Waals surface area contributed by atoms with Gasteiger partial charge in [-0.25, -0.2) is 0 Å². The molecule has 0 saturated heterocycles. The van der Waals surface area contributed by atoms with Gasteiger partial charge in [0.2, 0.25) is 5.91 Å². The molecule has 1 aromatic carbocycles. The number of hydrogen-bond donors (Lipinski definition) is 1. The zero-order valence-electron chi connectivity index (χ0n) is 10.4. The van der Waals surface area contributed by atoms with Gasteiger partial charge >= 0.3 is 0 Å². The van der Waals surface area contributed by atoms with Crippen LogP contribution in [-0.4, -0.2) is 17.3 Å². The standard InChI is InChI=1S/C14H20BrNO/c1-3-12(10-15)16-14(17)13(4-2)11-8-6-5-7-9-11/h5-9,12-13H,3-4,10H2,1-2H3,(H,16,17). The zero-order chi connectivity index (χ0) is 12.7. The van der Waals surface area contributed by atoms with Gasteiger partial charge in [0.05, 0.1) is 5.92 Å². The Morgan fingerprint density at radius 1 is 1.24 bits per heavy atom. The molecule has 1 N–H and O–H groups in total. The van der Waals surface area contributed by atoms with Gasteiger partial charge in [0.25, 0.3) is 0 Å². The number of carbonyl (C=O) groups excluding carboxylic acids is 1. The van der Waals surface area contributed by atoms with Crippen LogP contribution in [0.2, 0.25) is 0 Å². The molecule has 0 spiro atoms. The number of benzene rings is 1. The van der Waals surface area contributed by atoms with Crippen LogP contribution in [0.5, 0.6) is 0 Å². The summed E-state index contributed by atoms with van der Waals surface area (Å²) in [6.07, 6.45) is 1.77. The van der Waals surface area contributed by atoms with Crippen molar-refractivity contribution in [2.75, 3.05) is 5.33 Å². The summed E-state index contributed by atoms with van der Waals surface area (Å²) in [5.41, 5.74) is 1.09. The molecule has 0 fully saturated rings. The van der Waals surface area contributed by atoms with E-state index in [-0.39, 0.29) is 17.9 Å². The highest BCUT2D eigenvalue weighted by molar-refractivity contribution is 9.09. The largest absolute Gasteiger partial charge is 0.352 e. The molecule has 3 heteroatoms. The maximum absolute atomic E-state index is 12.2. The van der Waals surface area contributed by atoms with E-state index < -0.39 is 0 Å². The highest BCUT2D eigenvalue weighted by Crippen LogP contribution is 2.19. The molecule has 1 amide bonds. The van der Waals surface area contributed by atoms with E-state index in [4.69, 9.17) is 0 Å². The Kier molecular flexibility index (Phi) is 6.27. The SMILES string of the molecule is CCC(CBr)NC(=O)C(CC)c1ccccc1. The van der Waals surface area contributed by atoms with Crippen LogP contribution < -0.4 is 5.32 Å². The van der Waals surface area contributed by atoms with E-state index >= 15 is 0 Å². The lowest BCUT2D eigenvalue weighted by molar-refractivity contribution is -0.123. The van der Waals surface area contributed by atoms with Crippen LogP contribution in [0, 0.1) is 0 Å². The Bertz CT molecular complexity index is 335. The molecule has 0 aliphatic rings. The van der Waals surface area contributed by atoms with Gasteiger partial charge in [-0.1, -0.05) is 60.1 Å². The minimum absolute atomic E-state index is 0.0377. The molecule has 0 bridgehead atoms. The van der Waals surface area contributed by atoms with Crippen molar-refractivity contribution in [2.45, 2.75) is 38.6 Å². The maximum Gasteiger partial charge on any atom is 0.227 e. The molecular weight excluding hydrogens is 278 g/mol. The van der Waals surface area contributed by atoms with Crippen molar-refractivity contribution in [1.29, 1.82) is 0 Å². The van der Waals surface area contributed by atoms with Gasteiger partial charge in [0.1, 0.15) is 0 Å². The third-order valence-electron chi connectivity index (χ3n) is 2.95. The van der Waals surface area contributed by atoms with E-state index in [1.807, 2.05) is 37.3 Å². The van der Waals surface area contributed by atoms with Gasteiger partial charge in [-0.2, -0.15) is 0 Å². The van der Waals surface area contributed by atoms with Crippen LogP contribution in [0.4, 0.5) is 0 Å². The lowest BCUT2D eigenvalue weighted by Gasteiger charge is -2.20. The van der Waals surface area contributed by atoms with E-state index in [0.717, 1.165) is 23.7 Å². The molecule has 0 saturated carbocycles. The second-order valence-corrected chi connectivity index (χ2v) is 4.79. The lowest BCUT2D eigenvalue weighted by atomic mass is 9.95. The van der Waals surface area contributed by atoms with E-state index in [1.54, 1.807) is 0 Å². The third-order valence-corrected chi connectivity index (χ3v) is 3.73. The van der Waals surface area contributed by atoms with Crippen LogP contribution in [0.15, 0.2) is 30.3 Å². The first-order valence-electron chi connectivity index (χ1n) is 6.14. The first kappa shape index (κ1) is 14.2. The Morgan fingerprint density at radius 2 is 1.88 bits per heavy atom. The molecule has 1 rings (SSSR count). The van der Waals surface area contributed by atoms with E-state index in [0.29, 0.717) is 0 Å². The van der Waals surface area contributed by atoms with Gasteiger partial charge in [0.15, 0.2) is 0 Å². The lowest BCUT2D eigenvalue weighted by Crippen LogP contribution is -2.38. The minimum atomic E-state index is -0.0377. The summed E-state index contributed by atoms with van der Waals surface area (Å²) < 4.78 is 0. The van der Waals surface area contributed by atoms with E-state index in [9.17, 15) is 4.79 Å². The van der Waals surface area contributed by atoms with Gasteiger partial charge in [-0.3, -0.25) is 4.79 Å². The van der Waals surface area contributed by atoms with Crippen LogP contribution in [0.25, 0.3) is 0 Å². The molecule has 17 heavy (non-hydrogen) atoms. The molecule has 2 unspecified atom stereocenters. The minimum Gasteiger partial charge on any atom is -0.352 e. The Labute approximate surface area is 112 Å². The number of carbonyl (C=O) groups is 1. The molecule has 94 valence electrons. The molecule has 0 heterocycles. The topological polar surface area (TPSA) is 29.1 Å². The molecule has 0 aromatic heterocycles. The zero-order valence-corrected chi connectivity index (χ0v) is 12.0. The van der Waals surface area contributed by atoms with Crippen LogP contribution in [-0.2, 0) is 4.79 Å². The van der Waals surface area contributed by atoms with E-state index in [1.165, 1.54) is 0 Å². The molecule has 0 aliphatic heterocycles. The number of amides is 1. The van der Waals surface area contributed by atoms with Crippen molar-refractivity contribution in [3.63, 3.8) is 0 Å². The van der Waals surface area contributed by atoms with Crippen LogP contribution in [0.1, 0.15) is 38.2 Å². The fraction of sp³-hybridized carbons (Fsp3) is 0.500. The number of alkyl halides is 1. The fourth-order valence-corrected chi connectivity index (χ4v) is 2.43. The van der Waals surface area contributed by atoms with Crippen molar-refractivity contribution in [3.05, 3.63) is 35.9 Å². The molecular formula is C14H20BrNO. The van der Waals surface area contributed by atoms with Gasteiger partial charge in [0, 0.05) is 11.4 Å². The number of rotatable bonds is 6. The molecule has 0 radical (unpaired) electrons. The van der Waals surface area contributed by atoms with Crippen molar-refractivity contribution < 1.29 is 4.79 Å². The highest BCUT2D eigenvalue weighted by Gasteiger charge is 2.20. The fourth-order valence-electron chi connectivity index (χ4n) is 1.81. The average Bonchev–Trinajstić information content (AvgIpc) is 2.38. The molecule has 2 atom stereocenters. The van der Waals surface area contributed by atoms with Gasteiger partial charge in [-0.05, 0) is 18.4 Å². The van der Waals surface area contributed by atoms with Crippen LogP contribution >= 0.6 is 15.9 Å². The first-order chi connectivity index (χ1) is 8.22. The normalized spacial score (nSPS) is 14.1. The predicted molar refractivity (Wildman–Crippen MR) is 75.5 cm³/mol. The molecule has 0 aliphatic carbocycles. The Balaban J connectivity index is 2.71. The highest BCUT2D eigenvalue weighted by atomic mass is 79.9. The summed E-state index contributed by atoms with van der Waals surface area (Å²) in [5, 5.41) is 3.89. The third kappa shape index (κ3) is 4.15. The molecule has 1 aromatic rings. The van der Waals surface area contributed by atoms with Crippen LogP contribution in [0.3, 0.4) is 0 Å². The summed E-state index contributed by atoms with van der Waals surface area (Å²) >= 11 is 3.42. The average molecular weight is 298 g/mol. The van der Waals surface area contributed by atoms with Crippen molar-refractivity contribution >= 4 is 21.8 Å². The second-order valence-electron chi connectivity index (χ2n) is 4.14. The summed E-state index contributed by atoms with van der Waals surface area (Å²) in [6.45, 7) is 4.13. The Hall–Kier alpha value is -0.830. The first-order valence-corrected chi connectivity index (χ1v) is 7.26. The predicted octanol–water partition coefficient (Wildman–Crippen LogP) is 3.47. The quantitative estimate of drug-likeness (QED) is 0.801. The van der Waals surface area contributed by atoms with E-state index in [2.05, 4.69) is 28.2 Å². The smallest absolute Gasteiger partial charge is 0.227 e. The summed E-state index contributed by atoms with van der Waals surface area (Å²) in [6, 6.07) is 10.2. The van der Waals surface area contributed by atoms with Gasteiger partial charge in [-0.15, -0.1) is 0 Å². The number of nitrogens with one attached hydrogen (secondary N) is 1. The van der Waals surface area contributed by atoms with Gasteiger partial charge < -0.3 is 5.32 Å². The number of hydrogen-bond acceptors (Lipinski definition) is 1. The van der Waals surface area contributed by atoms with Crippen molar-refractivity contribution in [3.8, 4) is 0 Å². The monoisotopic (exact) mass is 297 g/mol. The Morgan fingerprint density at radius 3 is 2.35 bits per heavy atom.